The van der Waals surface area contributed by atoms with Crippen molar-refractivity contribution < 1.29 is 14.0 Å². The normalized spacial score (nSPS) is 10.2. The Labute approximate surface area is 111 Å². The minimum Gasteiger partial charge on any atom is -0.459 e. The Morgan fingerprint density at radius 1 is 1.16 bits per heavy atom. The van der Waals surface area contributed by atoms with E-state index in [1.54, 1.807) is 24.3 Å². The number of carbonyl (C=O) groups is 2. The first-order valence-corrected chi connectivity index (χ1v) is 6.14. The predicted octanol–water partition coefficient (Wildman–Crippen LogP) is 2.45. The summed E-state index contributed by atoms with van der Waals surface area (Å²) < 4.78 is 4.94. The second-order valence-electron chi connectivity index (χ2n) is 4.13. The van der Waals surface area contributed by atoms with Gasteiger partial charge in [-0.15, -0.1) is 0 Å². The highest BCUT2D eigenvalue weighted by molar-refractivity contribution is 6.01. The van der Waals surface area contributed by atoms with E-state index in [9.17, 15) is 9.59 Å². The van der Waals surface area contributed by atoms with Crippen LogP contribution < -0.4 is 5.32 Å². The molecule has 2 rings (SSSR count). The summed E-state index contributed by atoms with van der Waals surface area (Å²) >= 11 is 0. The van der Waals surface area contributed by atoms with Crippen molar-refractivity contribution in [2.24, 2.45) is 0 Å². The Bertz CT molecular complexity index is 556. The molecule has 0 saturated carbocycles. The van der Waals surface area contributed by atoms with Crippen molar-refractivity contribution in [2.45, 2.75) is 13.3 Å². The van der Waals surface area contributed by atoms with E-state index in [1.165, 1.54) is 11.8 Å². The fraction of sp³-hybridized carbons (Fsp3) is 0.200. The maximum Gasteiger partial charge on any atom is 0.287 e. The molecule has 4 nitrogen and oxygen atoms in total. The zero-order chi connectivity index (χ0) is 13.7. The highest BCUT2D eigenvalue weighted by Crippen LogP contribution is 2.06. The standard InChI is InChI=1S/C15H15NO3/c1-2-11-5-7-12(8-6-11)13(17)10-16-15(18)14-4-3-9-19-14/h3-9H,2,10H2,1H3,(H,16,18). The van der Waals surface area contributed by atoms with Gasteiger partial charge in [0.25, 0.3) is 5.91 Å². The summed E-state index contributed by atoms with van der Waals surface area (Å²) in [4.78, 5) is 23.5. The minimum absolute atomic E-state index is 0.0367. The lowest BCUT2D eigenvalue weighted by atomic mass is 10.1. The van der Waals surface area contributed by atoms with Crippen molar-refractivity contribution in [2.75, 3.05) is 6.54 Å². The fourth-order valence-electron chi connectivity index (χ4n) is 1.68. The number of hydrogen-bond donors (Lipinski definition) is 1. The first-order valence-electron chi connectivity index (χ1n) is 6.14. The monoisotopic (exact) mass is 257 g/mol. The molecule has 0 unspecified atom stereocenters. The quantitative estimate of drug-likeness (QED) is 0.837. The third-order valence-electron chi connectivity index (χ3n) is 2.84. The Balaban J connectivity index is 1.92. The third kappa shape index (κ3) is 3.31. The van der Waals surface area contributed by atoms with Crippen LogP contribution >= 0.6 is 0 Å². The van der Waals surface area contributed by atoms with Crippen LogP contribution in [0.4, 0.5) is 0 Å². The number of nitrogens with one attached hydrogen (secondary N) is 1. The largest absolute Gasteiger partial charge is 0.459 e. The number of ketones is 1. The van der Waals surface area contributed by atoms with Crippen LogP contribution in [0, 0.1) is 0 Å². The van der Waals surface area contributed by atoms with E-state index in [4.69, 9.17) is 4.42 Å². The van der Waals surface area contributed by atoms with E-state index in [0.717, 1.165) is 6.42 Å². The van der Waals surface area contributed by atoms with E-state index in [2.05, 4.69) is 12.2 Å². The number of furan rings is 1. The van der Waals surface area contributed by atoms with Gasteiger partial charge in [0.2, 0.25) is 0 Å². The summed E-state index contributed by atoms with van der Waals surface area (Å²) in [6, 6.07) is 10.6. The fourth-order valence-corrected chi connectivity index (χ4v) is 1.68. The van der Waals surface area contributed by atoms with Crippen LogP contribution in [0.2, 0.25) is 0 Å². The zero-order valence-electron chi connectivity index (χ0n) is 10.7. The lowest BCUT2D eigenvalue weighted by Crippen LogP contribution is -2.29. The summed E-state index contributed by atoms with van der Waals surface area (Å²) in [5.41, 5.74) is 1.77. The average Bonchev–Trinajstić information content (AvgIpc) is 2.98. The van der Waals surface area contributed by atoms with Crippen LogP contribution in [0.1, 0.15) is 33.4 Å². The van der Waals surface area contributed by atoms with Crippen LogP contribution in [-0.4, -0.2) is 18.2 Å². The summed E-state index contributed by atoms with van der Waals surface area (Å²) in [5.74, 6) is -0.305. The molecule has 4 heteroatoms. The molecule has 0 aliphatic carbocycles. The highest BCUT2D eigenvalue weighted by Gasteiger charge is 2.11. The highest BCUT2D eigenvalue weighted by atomic mass is 16.3. The Hall–Kier alpha value is -2.36. The van der Waals surface area contributed by atoms with Crippen molar-refractivity contribution in [3.63, 3.8) is 0 Å². The lowest BCUT2D eigenvalue weighted by molar-refractivity contribution is 0.0885. The maximum absolute atomic E-state index is 11.9. The van der Waals surface area contributed by atoms with Crippen molar-refractivity contribution in [3.05, 3.63) is 59.5 Å². The molecule has 1 heterocycles. The zero-order valence-corrected chi connectivity index (χ0v) is 10.7. The molecule has 0 bridgehead atoms. The molecule has 19 heavy (non-hydrogen) atoms. The van der Waals surface area contributed by atoms with E-state index in [-0.39, 0.29) is 24.0 Å². The van der Waals surface area contributed by atoms with Gasteiger partial charge in [0.05, 0.1) is 12.8 Å². The SMILES string of the molecule is CCc1ccc(C(=O)CNC(=O)c2ccco2)cc1. The molecular weight excluding hydrogens is 242 g/mol. The van der Waals surface area contributed by atoms with Crippen molar-refractivity contribution in [3.8, 4) is 0 Å². The van der Waals surface area contributed by atoms with Gasteiger partial charge in [-0.3, -0.25) is 9.59 Å². The van der Waals surface area contributed by atoms with E-state index < -0.39 is 0 Å². The van der Waals surface area contributed by atoms with Crippen molar-refractivity contribution in [1.29, 1.82) is 0 Å². The molecule has 0 fully saturated rings. The molecule has 1 aromatic carbocycles. The van der Waals surface area contributed by atoms with Gasteiger partial charge < -0.3 is 9.73 Å². The van der Waals surface area contributed by atoms with Crippen LogP contribution in [0.15, 0.2) is 47.1 Å². The average molecular weight is 257 g/mol. The van der Waals surface area contributed by atoms with Crippen LogP contribution in [-0.2, 0) is 6.42 Å². The molecule has 1 N–H and O–H groups in total. The summed E-state index contributed by atoms with van der Waals surface area (Å²) in [7, 11) is 0. The third-order valence-corrected chi connectivity index (χ3v) is 2.84. The van der Waals surface area contributed by atoms with Crippen molar-refractivity contribution in [1.82, 2.24) is 5.32 Å². The summed E-state index contributed by atoms with van der Waals surface area (Å²) in [6.45, 7) is 2.02. The van der Waals surface area contributed by atoms with Gasteiger partial charge in [0.15, 0.2) is 11.5 Å². The van der Waals surface area contributed by atoms with Gasteiger partial charge >= 0.3 is 0 Å². The number of amides is 1. The number of Topliss-reactive ketones (excluding diaryl/α,β-unsaturated/α-hetero) is 1. The van der Waals surface area contributed by atoms with Crippen LogP contribution in [0.3, 0.4) is 0 Å². The summed E-state index contributed by atoms with van der Waals surface area (Å²) in [5, 5.41) is 2.53. The van der Waals surface area contributed by atoms with E-state index in [1.807, 2.05) is 12.1 Å². The van der Waals surface area contributed by atoms with Gasteiger partial charge in [0.1, 0.15) is 0 Å². The van der Waals surface area contributed by atoms with Gasteiger partial charge in [-0.2, -0.15) is 0 Å². The molecule has 0 saturated heterocycles. The number of hydrogen-bond acceptors (Lipinski definition) is 3. The molecule has 0 aliphatic heterocycles. The van der Waals surface area contributed by atoms with Crippen LogP contribution in [0.5, 0.6) is 0 Å². The molecule has 1 aromatic heterocycles. The maximum atomic E-state index is 11.9. The Morgan fingerprint density at radius 3 is 2.47 bits per heavy atom. The Kier molecular flexibility index (Phi) is 4.13. The molecule has 0 aliphatic rings. The molecule has 0 spiro atoms. The minimum atomic E-state index is -0.386. The number of aryl methyl sites for hydroxylation is 1. The van der Waals surface area contributed by atoms with Crippen molar-refractivity contribution >= 4 is 11.7 Å². The smallest absolute Gasteiger partial charge is 0.287 e. The second kappa shape index (κ2) is 6.00. The molecule has 0 radical (unpaired) electrons. The second-order valence-corrected chi connectivity index (χ2v) is 4.13. The van der Waals surface area contributed by atoms with Gasteiger partial charge in [0, 0.05) is 5.56 Å². The first-order chi connectivity index (χ1) is 9.20. The summed E-state index contributed by atoms with van der Waals surface area (Å²) in [6.07, 6.45) is 2.35. The van der Waals surface area contributed by atoms with Gasteiger partial charge in [-0.25, -0.2) is 0 Å². The molecule has 0 atom stereocenters. The predicted molar refractivity (Wildman–Crippen MR) is 71.2 cm³/mol. The van der Waals surface area contributed by atoms with Crippen LogP contribution in [0.25, 0.3) is 0 Å². The number of benzene rings is 1. The van der Waals surface area contributed by atoms with E-state index >= 15 is 0 Å². The number of carbonyl (C=O) groups excluding carboxylic acids is 2. The molecular formula is C15H15NO3. The Morgan fingerprint density at radius 2 is 1.89 bits per heavy atom. The number of rotatable bonds is 5. The van der Waals surface area contributed by atoms with E-state index in [0.29, 0.717) is 5.56 Å². The van der Waals surface area contributed by atoms with Gasteiger partial charge in [-0.1, -0.05) is 31.2 Å². The molecule has 1 amide bonds. The lowest BCUT2D eigenvalue weighted by Gasteiger charge is -2.04. The molecule has 98 valence electrons. The topological polar surface area (TPSA) is 59.3 Å². The molecule has 2 aromatic rings. The van der Waals surface area contributed by atoms with Gasteiger partial charge in [-0.05, 0) is 24.1 Å². The first kappa shape index (κ1) is 13.1.